The number of methoxy groups -OCH3 is 1. The van der Waals surface area contributed by atoms with Gasteiger partial charge in [-0.1, -0.05) is 61.5 Å². The van der Waals surface area contributed by atoms with Gasteiger partial charge < -0.3 is 153 Å². The van der Waals surface area contributed by atoms with Gasteiger partial charge in [0.2, 0.25) is 41.7 Å². The molecule has 0 saturated carbocycles. The van der Waals surface area contributed by atoms with Crippen molar-refractivity contribution in [2.75, 3.05) is 53.2 Å². The summed E-state index contributed by atoms with van der Waals surface area (Å²) in [6.45, 7) is -3.28. The summed E-state index contributed by atoms with van der Waals surface area (Å²) in [7, 11) is 1.51. The summed E-state index contributed by atoms with van der Waals surface area (Å²) in [6, 6.07) is 7.91. The monoisotopic (exact) mass is 1430 g/mol. The van der Waals surface area contributed by atoms with E-state index in [1.54, 1.807) is 61.5 Å². The molecular formula is C63H88N12O26. The molecule has 24 N–H and O–H groups in total. The average Bonchev–Trinajstić information content (AvgIpc) is 1.74. The highest BCUT2D eigenvalue weighted by molar-refractivity contribution is 5.98. The van der Waals surface area contributed by atoms with Gasteiger partial charge in [0, 0.05) is 12.3 Å². The van der Waals surface area contributed by atoms with Crippen molar-refractivity contribution in [1.82, 2.24) is 42.1 Å². The molecule has 0 radical (unpaired) electrons. The minimum atomic E-state index is -2.35. The molecule has 0 aliphatic carbocycles. The smallest absolute Gasteiger partial charge is 0.246 e. The van der Waals surface area contributed by atoms with Gasteiger partial charge in [0.15, 0.2) is 24.4 Å². The van der Waals surface area contributed by atoms with E-state index in [1.165, 1.54) is 31.4 Å². The number of aliphatic imine (C=N–C) groups is 2. The molecule has 6 aliphatic rings. The zero-order valence-corrected chi connectivity index (χ0v) is 54.6. The fourth-order valence-electron chi connectivity index (χ4n) is 12.5. The third kappa shape index (κ3) is 18.0. The van der Waals surface area contributed by atoms with Crippen LogP contribution in [0.3, 0.4) is 0 Å². The first-order valence-corrected chi connectivity index (χ1v) is 32.5. The predicted molar refractivity (Wildman–Crippen MR) is 343 cm³/mol. The first-order chi connectivity index (χ1) is 48.3. The molecule has 0 spiro atoms. The van der Waals surface area contributed by atoms with Crippen LogP contribution in [0.4, 0.5) is 0 Å². The highest BCUT2D eigenvalue weighted by atomic mass is 16.7. The van der Waals surface area contributed by atoms with Crippen LogP contribution in [0.25, 0.3) is 0 Å². The molecule has 25 atom stereocenters. The predicted octanol–water partition coefficient (Wildman–Crippen LogP) is -11.0. The van der Waals surface area contributed by atoms with Gasteiger partial charge in [-0.3, -0.25) is 38.8 Å². The first-order valence-electron chi connectivity index (χ1n) is 32.5. The Morgan fingerprint density at radius 3 is 1.81 bits per heavy atom. The number of nitrogens with zero attached hydrogens (tertiary/aromatic N) is 3. The standard InChI is InChI=1S/C63H88N12O26/c1-3-31(28-7-5-4-6-8-28)40-56(92)69-32(17-26-9-15-30(16-10-26)97-60-52(89)49(86)53(37(23-78)99-60)101-61-51(88)48(85)46(83)38(100-61)25-96-24-27-11-13-29(95-2)14-12-27)55(91)73-41(43(80)33-18-67-62(64)71-33)58(94)74-42(57(93)70-34(21-76)54(90)66-20-39(79)72-40)44(81)35-19-68-63(65)75(35)59-50(87)47(84)45(82)36(22-77)98-59/h4-16,31-38,40-53,59-61,76-78,80-89H,3,17-25H2,1-2H3,(H2,65,68)(H,66,90)(H,69,92)(H,70,93)(H,72,79)(H,73,91)(H,74,94)(H3,64,67,71). The molecule has 556 valence electrons. The van der Waals surface area contributed by atoms with Crippen LogP contribution in [0.2, 0.25) is 0 Å². The molecule has 38 nitrogen and oxygen atoms in total. The van der Waals surface area contributed by atoms with Crippen molar-refractivity contribution in [3.05, 3.63) is 95.6 Å². The van der Waals surface area contributed by atoms with Gasteiger partial charge in [0.05, 0.1) is 71.9 Å². The van der Waals surface area contributed by atoms with Crippen LogP contribution >= 0.6 is 0 Å². The Bertz CT molecular complexity index is 3350. The quantitative estimate of drug-likeness (QED) is 0.0444. The summed E-state index contributed by atoms with van der Waals surface area (Å²) >= 11 is 0. The third-order valence-corrected chi connectivity index (χ3v) is 18.3. The van der Waals surface area contributed by atoms with Crippen molar-refractivity contribution in [1.29, 1.82) is 0 Å². The molecule has 3 aromatic rings. The maximum Gasteiger partial charge on any atom is 0.246 e. The minimum absolute atomic E-state index is 0.0469. The lowest BCUT2D eigenvalue weighted by Crippen LogP contribution is -2.70. The van der Waals surface area contributed by atoms with Crippen LogP contribution in [-0.4, -0.2) is 318 Å². The molecule has 0 bridgehead atoms. The number of guanidine groups is 2. The van der Waals surface area contributed by atoms with Gasteiger partial charge in [-0.05, 0) is 47.4 Å². The molecular weight excluding hydrogens is 1340 g/mol. The van der Waals surface area contributed by atoms with Crippen LogP contribution in [-0.2, 0) is 65.5 Å². The Morgan fingerprint density at radius 2 is 1.17 bits per heavy atom. The van der Waals surface area contributed by atoms with Crippen LogP contribution in [0.5, 0.6) is 11.5 Å². The Balaban J connectivity index is 0.984. The van der Waals surface area contributed by atoms with E-state index in [0.717, 1.165) is 10.5 Å². The lowest BCUT2D eigenvalue weighted by atomic mass is 9.88. The van der Waals surface area contributed by atoms with Crippen molar-refractivity contribution < 1.29 is 128 Å². The minimum Gasteiger partial charge on any atom is -0.497 e. The summed E-state index contributed by atoms with van der Waals surface area (Å²) < 4.78 is 40.1. The fraction of sp³-hybridized carbons (Fsp3) is 0.587. The maximum atomic E-state index is 15.3. The third-order valence-electron chi connectivity index (χ3n) is 18.3. The molecule has 6 aliphatic heterocycles. The van der Waals surface area contributed by atoms with Crippen LogP contribution in [0.15, 0.2) is 88.8 Å². The highest BCUT2D eigenvalue weighted by Gasteiger charge is 2.54. The van der Waals surface area contributed by atoms with Gasteiger partial charge in [-0.2, -0.15) is 0 Å². The highest BCUT2D eigenvalue weighted by Crippen LogP contribution is 2.33. The number of hydrogen-bond donors (Lipinski definition) is 22. The molecule has 101 heavy (non-hydrogen) atoms. The van der Waals surface area contributed by atoms with E-state index >= 15 is 14.4 Å². The van der Waals surface area contributed by atoms with E-state index in [0.29, 0.717) is 11.3 Å². The summed E-state index contributed by atoms with van der Waals surface area (Å²) in [6.07, 6.45) is -31.3. The normalized spacial score (nSPS) is 34.9. The number of nitrogens with one attached hydrogen (secondary N) is 7. The van der Waals surface area contributed by atoms with Crippen molar-refractivity contribution in [2.24, 2.45) is 21.5 Å². The second-order valence-corrected chi connectivity index (χ2v) is 25.0. The molecule has 38 heteroatoms. The summed E-state index contributed by atoms with van der Waals surface area (Å²) in [5, 5.41) is 161. The number of carbonyl (C=O) groups excluding carboxylic acids is 6. The zero-order valence-electron chi connectivity index (χ0n) is 54.6. The number of rotatable bonds is 22. The number of hydrogen-bond acceptors (Lipinski definition) is 32. The van der Waals surface area contributed by atoms with Gasteiger partial charge in [0.25, 0.3) is 0 Å². The maximum absolute atomic E-state index is 15.3. The number of aliphatic hydroxyl groups excluding tert-OH is 13. The van der Waals surface area contributed by atoms with Crippen LogP contribution in [0, 0.1) is 0 Å². The Hall–Kier alpha value is -8.10. The summed E-state index contributed by atoms with van der Waals surface area (Å²) in [4.78, 5) is 97.0. The fourth-order valence-corrected chi connectivity index (χ4v) is 12.5. The van der Waals surface area contributed by atoms with E-state index in [2.05, 4.69) is 47.2 Å². The number of nitrogens with two attached hydrogens (primary N) is 2. The van der Waals surface area contributed by atoms with Crippen molar-refractivity contribution in [3.63, 3.8) is 0 Å². The average molecular weight is 1430 g/mol. The molecule has 4 fully saturated rings. The van der Waals surface area contributed by atoms with Crippen LogP contribution < -0.4 is 58.2 Å². The first kappa shape index (κ1) is 77.1. The van der Waals surface area contributed by atoms with Gasteiger partial charge >= 0.3 is 0 Å². The molecule has 4 saturated heterocycles. The van der Waals surface area contributed by atoms with Crippen molar-refractivity contribution in [3.8, 4) is 11.5 Å². The van der Waals surface area contributed by atoms with Crippen molar-refractivity contribution >= 4 is 47.4 Å². The Kier molecular flexibility index (Phi) is 26.5. The van der Waals surface area contributed by atoms with E-state index < -0.39 is 233 Å². The molecule has 0 aromatic heterocycles. The second kappa shape index (κ2) is 34.7. The lowest BCUT2D eigenvalue weighted by Gasteiger charge is -2.46. The van der Waals surface area contributed by atoms with E-state index in [9.17, 15) is 80.8 Å². The van der Waals surface area contributed by atoms with Gasteiger partial charge in [-0.25, -0.2) is 0 Å². The SMILES string of the molecule is CCC(c1ccccc1)C1NC(=O)CNC(=O)C(CO)NC(=O)C(C(O)C2CN=C(N)N2C2OC(CO)C(O)C(O)C2O)NC(=O)C(C(O)C2CN=C(N)N2)NC(=O)C(Cc2ccc(OC3OC(CO)C(OC4OC(COCc5ccc(OC)cc5)C(O)C(O)C4O)C(O)C3O)cc2)NC1=O. The van der Waals surface area contributed by atoms with Crippen LogP contribution in [0.1, 0.15) is 36.0 Å². The second-order valence-electron chi connectivity index (χ2n) is 25.0. The lowest BCUT2D eigenvalue weighted by molar-refractivity contribution is -0.353. The molecule has 6 amide bonds. The molecule has 25 unspecified atom stereocenters. The van der Waals surface area contributed by atoms with E-state index in [1.807, 2.05) is 0 Å². The molecule has 3 aromatic carbocycles. The largest absolute Gasteiger partial charge is 0.497 e. The molecule has 6 heterocycles. The van der Waals surface area contributed by atoms with E-state index in [-0.39, 0.29) is 43.5 Å². The number of ether oxygens (including phenoxy) is 7. The topological polar surface area (TPSA) is 594 Å². The number of benzene rings is 3. The van der Waals surface area contributed by atoms with Crippen molar-refractivity contribution in [2.45, 2.75) is 179 Å². The molecule has 9 rings (SSSR count). The Labute approximate surface area is 576 Å². The number of carbonyl (C=O) groups is 6. The summed E-state index contributed by atoms with van der Waals surface area (Å²) in [5.41, 5.74) is 13.6. The number of amides is 6. The summed E-state index contributed by atoms with van der Waals surface area (Å²) in [5.74, 6) is -8.29. The number of aliphatic hydroxyl groups is 13. The zero-order chi connectivity index (χ0) is 73.1. The van der Waals surface area contributed by atoms with Gasteiger partial charge in [-0.15, -0.1) is 0 Å². The Morgan fingerprint density at radius 1 is 0.574 bits per heavy atom. The van der Waals surface area contributed by atoms with Gasteiger partial charge in [0.1, 0.15) is 127 Å². The van der Waals surface area contributed by atoms with E-state index in [4.69, 9.17) is 44.6 Å².